The van der Waals surface area contributed by atoms with E-state index in [0.717, 1.165) is 57.7 Å². The number of hydrogen-bond acceptors (Lipinski definition) is 4. The SMILES string of the molecule is CCCN1CCc2cc(O)ccc2C1Cc1ccc(OCCC2CCCCN2)cc1. The van der Waals surface area contributed by atoms with Crippen LogP contribution in [0.5, 0.6) is 11.5 Å². The van der Waals surface area contributed by atoms with Crippen LogP contribution < -0.4 is 10.1 Å². The van der Waals surface area contributed by atoms with Crippen LogP contribution in [0.1, 0.15) is 61.8 Å². The molecule has 2 unspecified atom stereocenters. The monoisotopic (exact) mass is 408 g/mol. The van der Waals surface area contributed by atoms with Gasteiger partial charge in [0, 0.05) is 18.6 Å². The van der Waals surface area contributed by atoms with E-state index in [-0.39, 0.29) is 0 Å². The van der Waals surface area contributed by atoms with E-state index in [2.05, 4.69) is 47.5 Å². The minimum absolute atomic E-state index is 0.374. The van der Waals surface area contributed by atoms with E-state index in [1.165, 1.54) is 36.0 Å². The van der Waals surface area contributed by atoms with Crippen molar-refractivity contribution in [2.45, 2.75) is 64.0 Å². The number of nitrogens with one attached hydrogen (secondary N) is 1. The van der Waals surface area contributed by atoms with Crippen LogP contribution >= 0.6 is 0 Å². The summed E-state index contributed by atoms with van der Waals surface area (Å²) >= 11 is 0. The lowest BCUT2D eigenvalue weighted by atomic mass is 9.88. The first-order chi connectivity index (χ1) is 14.7. The lowest BCUT2D eigenvalue weighted by molar-refractivity contribution is 0.183. The number of fused-ring (bicyclic) bond motifs is 1. The van der Waals surface area contributed by atoms with Crippen molar-refractivity contribution in [3.8, 4) is 11.5 Å². The molecule has 4 nitrogen and oxygen atoms in total. The Morgan fingerprint density at radius 1 is 1.13 bits per heavy atom. The van der Waals surface area contributed by atoms with Crippen molar-refractivity contribution in [3.05, 3.63) is 59.2 Å². The largest absolute Gasteiger partial charge is 0.508 e. The summed E-state index contributed by atoms with van der Waals surface area (Å²) in [6, 6.07) is 15.6. The molecule has 0 amide bonds. The second-order valence-electron chi connectivity index (χ2n) is 8.82. The normalized spacial score (nSPS) is 21.9. The van der Waals surface area contributed by atoms with Gasteiger partial charge in [0.15, 0.2) is 0 Å². The molecule has 2 aliphatic heterocycles. The fraction of sp³-hybridized carbons (Fsp3) is 0.538. The average Bonchev–Trinajstić information content (AvgIpc) is 2.77. The fourth-order valence-corrected chi connectivity index (χ4v) is 4.98. The molecule has 1 saturated heterocycles. The van der Waals surface area contributed by atoms with Gasteiger partial charge in [-0.05, 0) is 92.6 Å². The molecule has 2 aromatic rings. The van der Waals surface area contributed by atoms with Crippen LogP contribution in [0.4, 0.5) is 0 Å². The standard InChI is InChI=1S/C26H36N2O2/c1-2-15-28-16-12-21-19-23(29)8-11-25(21)26(28)18-20-6-9-24(10-7-20)30-17-13-22-5-3-4-14-27-22/h6-11,19,22,26-27,29H,2-5,12-18H2,1H3. The summed E-state index contributed by atoms with van der Waals surface area (Å²) in [5.41, 5.74) is 4.00. The molecule has 0 bridgehead atoms. The van der Waals surface area contributed by atoms with Crippen molar-refractivity contribution in [2.24, 2.45) is 0 Å². The third-order valence-electron chi connectivity index (χ3n) is 6.61. The first-order valence-electron chi connectivity index (χ1n) is 11.7. The number of hydrogen-bond donors (Lipinski definition) is 2. The Balaban J connectivity index is 1.37. The Morgan fingerprint density at radius 2 is 2.00 bits per heavy atom. The predicted octanol–water partition coefficient (Wildman–Crippen LogP) is 4.86. The average molecular weight is 409 g/mol. The quantitative estimate of drug-likeness (QED) is 0.655. The number of rotatable bonds is 8. The number of phenols is 1. The van der Waals surface area contributed by atoms with Gasteiger partial charge in [-0.25, -0.2) is 0 Å². The van der Waals surface area contributed by atoms with Gasteiger partial charge in [0.1, 0.15) is 11.5 Å². The second-order valence-corrected chi connectivity index (χ2v) is 8.82. The summed E-state index contributed by atoms with van der Waals surface area (Å²) in [7, 11) is 0. The molecule has 2 heterocycles. The lowest BCUT2D eigenvalue weighted by Gasteiger charge is -2.37. The first-order valence-corrected chi connectivity index (χ1v) is 11.7. The molecule has 2 atom stereocenters. The summed E-state index contributed by atoms with van der Waals surface area (Å²) in [6.45, 7) is 6.35. The molecule has 0 radical (unpaired) electrons. The smallest absolute Gasteiger partial charge is 0.119 e. The minimum Gasteiger partial charge on any atom is -0.508 e. The van der Waals surface area contributed by atoms with Crippen molar-refractivity contribution in [1.29, 1.82) is 0 Å². The highest BCUT2D eigenvalue weighted by atomic mass is 16.5. The Hall–Kier alpha value is -2.04. The van der Waals surface area contributed by atoms with Crippen molar-refractivity contribution in [1.82, 2.24) is 10.2 Å². The Kier molecular flexibility index (Phi) is 7.29. The zero-order chi connectivity index (χ0) is 20.8. The number of piperidine rings is 1. The van der Waals surface area contributed by atoms with Crippen molar-refractivity contribution in [3.63, 3.8) is 0 Å². The highest BCUT2D eigenvalue weighted by Crippen LogP contribution is 2.34. The molecule has 0 saturated carbocycles. The van der Waals surface area contributed by atoms with Crippen LogP contribution in [-0.2, 0) is 12.8 Å². The Bertz CT molecular complexity index is 799. The molecule has 0 aliphatic carbocycles. The number of ether oxygens (including phenoxy) is 1. The van der Waals surface area contributed by atoms with Gasteiger partial charge in [-0.3, -0.25) is 4.90 Å². The van der Waals surface area contributed by atoms with E-state index in [4.69, 9.17) is 4.74 Å². The summed E-state index contributed by atoms with van der Waals surface area (Å²) in [5.74, 6) is 1.34. The third kappa shape index (κ3) is 5.35. The van der Waals surface area contributed by atoms with Crippen LogP contribution in [-0.4, -0.2) is 42.3 Å². The lowest BCUT2D eigenvalue weighted by Crippen LogP contribution is -2.37. The molecule has 162 valence electrons. The molecule has 4 rings (SSSR count). The first kappa shape index (κ1) is 21.2. The van der Waals surface area contributed by atoms with Crippen LogP contribution in [0.3, 0.4) is 0 Å². The summed E-state index contributed by atoms with van der Waals surface area (Å²) in [4.78, 5) is 2.60. The topological polar surface area (TPSA) is 44.7 Å². The van der Waals surface area contributed by atoms with Gasteiger partial charge in [0.25, 0.3) is 0 Å². The molecule has 0 aromatic heterocycles. The van der Waals surface area contributed by atoms with Gasteiger partial charge in [0.05, 0.1) is 6.61 Å². The molecule has 2 N–H and O–H groups in total. The third-order valence-corrected chi connectivity index (χ3v) is 6.61. The minimum atomic E-state index is 0.374. The van der Waals surface area contributed by atoms with E-state index >= 15 is 0 Å². The molecular weight excluding hydrogens is 372 g/mol. The zero-order valence-electron chi connectivity index (χ0n) is 18.3. The highest BCUT2D eigenvalue weighted by molar-refractivity contribution is 5.40. The van der Waals surface area contributed by atoms with Crippen LogP contribution in [0.25, 0.3) is 0 Å². The van der Waals surface area contributed by atoms with E-state index in [1.54, 1.807) is 0 Å². The number of aromatic hydroxyl groups is 1. The fourth-order valence-electron chi connectivity index (χ4n) is 4.98. The van der Waals surface area contributed by atoms with E-state index in [9.17, 15) is 5.11 Å². The summed E-state index contributed by atoms with van der Waals surface area (Å²) in [6.07, 6.45) is 8.17. The highest BCUT2D eigenvalue weighted by Gasteiger charge is 2.27. The van der Waals surface area contributed by atoms with E-state index < -0.39 is 0 Å². The van der Waals surface area contributed by atoms with E-state index in [0.29, 0.717) is 17.8 Å². The second kappa shape index (κ2) is 10.3. The maximum Gasteiger partial charge on any atom is 0.119 e. The maximum atomic E-state index is 9.89. The Labute approximate surface area is 181 Å². The number of phenolic OH excluding ortho intramolecular Hbond substituents is 1. The zero-order valence-corrected chi connectivity index (χ0v) is 18.3. The van der Waals surface area contributed by atoms with Crippen LogP contribution in [0, 0.1) is 0 Å². The predicted molar refractivity (Wildman–Crippen MR) is 122 cm³/mol. The van der Waals surface area contributed by atoms with Crippen molar-refractivity contribution in [2.75, 3.05) is 26.2 Å². The van der Waals surface area contributed by atoms with E-state index in [1.807, 2.05) is 12.1 Å². The van der Waals surface area contributed by atoms with Gasteiger partial charge in [-0.1, -0.05) is 31.5 Å². The summed E-state index contributed by atoms with van der Waals surface area (Å²) < 4.78 is 6.00. The molecule has 2 aromatic carbocycles. The number of nitrogens with zero attached hydrogens (tertiary/aromatic N) is 1. The maximum absolute atomic E-state index is 9.89. The molecule has 1 fully saturated rings. The van der Waals surface area contributed by atoms with Crippen molar-refractivity contribution >= 4 is 0 Å². The molecule has 4 heteroatoms. The molecule has 2 aliphatic rings. The molecule has 0 spiro atoms. The number of benzene rings is 2. The summed E-state index contributed by atoms with van der Waals surface area (Å²) in [5, 5.41) is 13.5. The van der Waals surface area contributed by atoms with Crippen LogP contribution in [0.2, 0.25) is 0 Å². The van der Waals surface area contributed by atoms with Gasteiger partial charge in [0.2, 0.25) is 0 Å². The molecule has 30 heavy (non-hydrogen) atoms. The van der Waals surface area contributed by atoms with Gasteiger partial charge in [-0.2, -0.15) is 0 Å². The van der Waals surface area contributed by atoms with Gasteiger partial charge < -0.3 is 15.2 Å². The molecular formula is C26H36N2O2. The van der Waals surface area contributed by atoms with Gasteiger partial charge >= 0.3 is 0 Å². The van der Waals surface area contributed by atoms with Gasteiger partial charge in [-0.15, -0.1) is 0 Å². The Morgan fingerprint density at radius 3 is 2.77 bits per heavy atom. The van der Waals surface area contributed by atoms with Crippen LogP contribution in [0.15, 0.2) is 42.5 Å². The van der Waals surface area contributed by atoms with Crippen molar-refractivity contribution < 1.29 is 9.84 Å².